The van der Waals surface area contributed by atoms with E-state index in [1.165, 1.54) is 90.4 Å². The Morgan fingerprint density at radius 2 is 1.13 bits per heavy atom. The molecule has 0 bridgehead atoms. The molecule has 31 heavy (non-hydrogen) atoms. The lowest BCUT2D eigenvalue weighted by Crippen LogP contribution is -2.23. The zero-order valence-corrected chi connectivity index (χ0v) is 19.9. The third kappa shape index (κ3) is 15.6. The molecule has 0 aliphatic carbocycles. The number of benzene rings is 1. The van der Waals surface area contributed by atoms with Gasteiger partial charge in [0.15, 0.2) is 0 Å². The smallest absolute Gasteiger partial charge is 0.341 e. The van der Waals surface area contributed by atoms with Gasteiger partial charge in [0.2, 0.25) is 6.29 Å². The van der Waals surface area contributed by atoms with Crippen LogP contribution in [0.15, 0.2) is 30.3 Å². The Morgan fingerprint density at radius 1 is 0.677 bits per heavy atom. The van der Waals surface area contributed by atoms with E-state index in [-0.39, 0.29) is 0 Å². The molecule has 0 aliphatic heterocycles. The number of carbonyl (C=O) groups is 2. The standard InChI is InChI=1S/C27H44O4/c1-3-4-5-6-7-8-9-10-11-12-13-14-15-16-20-23-26(30-24(2)28)31-27(29)25-21-18-17-19-22-25/h17-19,21-22,26H,3-16,20,23H2,1-2H3. The van der Waals surface area contributed by atoms with Crippen LogP contribution in [0.5, 0.6) is 0 Å². The Labute approximate surface area is 190 Å². The Balaban J connectivity index is 2.02. The molecular weight excluding hydrogens is 388 g/mol. The van der Waals surface area contributed by atoms with Gasteiger partial charge in [-0.2, -0.15) is 0 Å². The lowest BCUT2D eigenvalue weighted by atomic mass is 10.0. The number of carbonyl (C=O) groups excluding carboxylic acids is 2. The van der Waals surface area contributed by atoms with Crippen LogP contribution in [0.25, 0.3) is 0 Å². The number of hydrogen-bond acceptors (Lipinski definition) is 4. The number of unbranched alkanes of at least 4 members (excludes halogenated alkanes) is 14. The van der Waals surface area contributed by atoms with E-state index < -0.39 is 18.2 Å². The maximum atomic E-state index is 12.2. The first-order valence-corrected chi connectivity index (χ1v) is 12.6. The third-order valence-corrected chi connectivity index (χ3v) is 5.59. The minimum atomic E-state index is -0.799. The highest BCUT2D eigenvalue weighted by atomic mass is 16.7. The van der Waals surface area contributed by atoms with Gasteiger partial charge in [0, 0.05) is 13.3 Å². The molecule has 0 saturated carbocycles. The molecule has 0 fully saturated rings. The van der Waals surface area contributed by atoms with Crippen molar-refractivity contribution in [2.45, 2.75) is 123 Å². The fourth-order valence-corrected chi connectivity index (χ4v) is 3.77. The van der Waals surface area contributed by atoms with Gasteiger partial charge >= 0.3 is 11.9 Å². The molecule has 0 aromatic heterocycles. The van der Waals surface area contributed by atoms with E-state index in [9.17, 15) is 9.59 Å². The van der Waals surface area contributed by atoms with E-state index >= 15 is 0 Å². The van der Waals surface area contributed by atoms with Crippen LogP contribution in [0.1, 0.15) is 127 Å². The van der Waals surface area contributed by atoms with E-state index in [2.05, 4.69) is 6.92 Å². The number of ether oxygens (including phenoxy) is 2. The molecule has 1 aromatic rings. The molecule has 1 aromatic carbocycles. The third-order valence-electron chi connectivity index (χ3n) is 5.59. The van der Waals surface area contributed by atoms with Gasteiger partial charge in [-0.3, -0.25) is 4.79 Å². The first kappa shape index (κ1) is 27.2. The molecule has 0 aliphatic rings. The molecule has 1 atom stereocenters. The van der Waals surface area contributed by atoms with E-state index in [4.69, 9.17) is 9.47 Å². The van der Waals surface area contributed by atoms with Crippen LogP contribution >= 0.6 is 0 Å². The fraction of sp³-hybridized carbons (Fsp3) is 0.704. The van der Waals surface area contributed by atoms with Crippen molar-refractivity contribution in [3.63, 3.8) is 0 Å². The van der Waals surface area contributed by atoms with Gasteiger partial charge < -0.3 is 9.47 Å². The highest BCUT2D eigenvalue weighted by molar-refractivity contribution is 5.89. The van der Waals surface area contributed by atoms with Crippen LogP contribution in [0.3, 0.4) is 0 Å². The van der Waals surface area contributed by atoms with E-state index in [1.54, 1.807) is 24.3 Å². The first-order valence-electron chi connectivity index (χ1n) is 12.6. The van der Waals surface area contributed by atoms with Gasteiger partial charge in [-0.25, -0.2) is 4.79 Å². The minimum Gasteiger partial charge on any atom is -0.425 e. The zero-order valence-electron chi connectivity index (χ0n) is 19.9. The summed E-state index contributed by atoms with van der Waals surface area (Å²) >= 11 is 0. The fourth-order valence-electron chi connectivity index (χ4n) is 3.77. The SMILES string of the molecule is CCCCCCCCCCCCCCCCCC(OC(C)=O)OC(=O)c1ccccc1. The van der Waals surface area contributed by atoms with Crippen molar-refractivity contribution >= 4 is 11.9 Å². The Bertz CT molecular complexity index is 570. The Kier molecular flexibility index (Phi) is 16.6. The minimum absolute atomic E-state index is 0.424. The summed E-state index contributed by atoms with van der Waals surface area (Å²) in [6.07, 6.45) is 19.3. The molecule has 1 unspecified atom stereocenters. The molecule has 0 spiro atoms. The quantitative estimate of drug-likeness (QED) is 0.126. The summed E-state index contributed by atoms with van der Waals surface area (Å²) in [5, 5.41) is 0. The van der Waals surface area contributed by atoms with Gasteiger partial charge in [-0.15, -0.1) is 0 Å². The van der Waals surface area contributed by atoms with Crippen molar-refractivity contribution in [2.24, 2.45) is 0 Å². The van der Waals surface area contributed by atoms with Gasteiger partial charge in [0.1, 0.15) is 0 Å². The maximum Gasteiger partial charge on any atom is 0.341 e. The molecule has 176 valence electrons. The predicted octanol–water partition coefficient (Wildman–Crippen LogP) is 7.99. The largest absolute Gasteiger partial charge is 0.425 e. The highest BCUT2D eigenvalue weighted by Gasteiger charge is 2.18. The van der Waals surface area contributed by atoms with E-state index in [0.29, 0.717) is 12.0 Å². The zero-order chi connectivity index (χ0) is 22.6. The molecule has 0 heterocycles. The predicted molar refractivity (Wildman–Crippen MR) is 127 cm³/mol. The normalized spacial score (nSPS) is 11.8. The molecule has 4 heteroatoms. The summed E-state index contributed by atoms with van der Waals surface area (Å²) in [5.41, 5.74) is 0.469. The molecule has 0 radical (unpaired) electrons. The second-order valence-corrected chi connectivity index (χ2v) is 8.55. The van der Waals surface area contributed by atoms with Crippen molar-refractivity contribution in [3.8, 4) is 0 Å². The second kappa shape index (κ2) is 18.9. The van der Waals surface area contributed by atoms with Crippen LogP contribution in [0, 0.1) is 0 Å². The average Bonchev–Trinajstić information content (AvgIpc) is 2.76. The molecule has 0 amide bonds. The molecule has 1 rings (SSSR count). The van der Waals surface area contributed by atoms with Gasteiger partial charge in [-0.1, -0.05) is 115 Å². The van der Waals surface area contributed by atoms with Crippen LogP contribution < -0.4 is 0 Å². The lowest BCUT2D eigenvalue weighted by molar-refractivity contribution is -0.166. The summed E-state index contributed by atoms with van der Waals surface area (Å²) in [5.74, 6) is -0.875. The van der Waals surface area contributed by atoms with Crippen LogP contribution in [-0.2, 0) is 14.3 Å². The summed E-state index contributed by atoms with van der Waals surface area (Å²) in [4.78, 5) is 23.5. The molecular formula is C27H44O4. The highest BCUT2D eigenvalue weighted by Crippen LogP contribution is 2.16. The number of hydrogen-bond donors (Lipinski definition) is 0. The van der Waals surface area contributed by atoms with Crippen molar-refractivity contribution < 1.29 is 19.1 Å². The maximum absolute atomic E-state index is 12.2. The van der Waals surface area contributed by atoms with E-state index in [1.807, 2.05) is 6.07 Å². The van der Waals surface area contributed by atoms with Gasteiger partial charge in [-0.05, 0) is 18.6 Å². The molecule has 0 saturated heterocycles. The summed E-state index contributed by atoms with van der Waals surface area (Å²) in [6.45, 7) is 3.61. The topological polar surface area (TPSA) is 52.6 Å². The van der Waals surface area contributed by atoms with Crippen molar-refractivity contribution in [1.82, 2.24) is 0 Å². The van der Waals surface area contributed by atoms with Crippen molar-refractivity contribution in [2.75, 3.05) is 0 Å². The summed E-state index contributed by atoms with van der Waals surface area (Å²) < 4.78 is 10.6. The number of rotatable bonds is 19. The van der Waals surface area contributed by atoms with Crippen LogP contribution in [-0.4, -0.2) is 18.2 Å². The Morgan fingerprint density at radius 3 is 1.58 bits per heavy atom. The van der Waals surface area contributed by atoms with Gasteiger partial charge in [0.25, 0.3) is 0 Å². The van der Waals surface area contributed by atoms with Gasteiger partial charge in [0.05, 0.1) is 5.56 Å². The van der Waals surface area contributed by atoms with Crippen LogP contribution in [0.2, 0.25) is 0 Å². The average molecular weight is 433 g/mol. The lowest BCUT2D eigenvalue weighted by Gasteiger charge is -2.17. The van der Waals surface area contributed by atoms with Crippen molar-refractivity contribution in [1.29, 1.82) is 0 Å². The Hall–Kier alpha value is -1.84. The van der Waals surface area contributed by atoms with E-state index in [0.717, 1.165) is 12.8 Å². The van der Waals surface area contributed by atoms with Crippen LogP contribution in [0.4, 0.5) is 0 Å². The molecule has 4 nitrogen and oxygen atoms in total. The van der Waals surface area contributed by atoms with Crippen molar-refractivity contribution in [3.05, 3.63) is 35.9 Å². The summed E-state index contributed by atoms with van der Waals surface area (Å²) in [6, 6.07) is 8.80. The molecule has 0 N–H and O–H groups in total. The second-order valence-electron chi connectivity index (χ2n) is 8.55. The monoisotopic (exact) mass is 432 g/mol. The number of esters is 2. The first-order chi connectivity index (χ1) is 15.1. The summed E-state index contributed by atoms with van der Waals surface area (Å²) in [7, 11) is 0.